The Balaban J connectivity index is 2.01. The molecular weight excluding hydrogens is 220 g/mol. The minimum absolute atomic E-state index is 0.0406. The molecule has 90 valence electrons. The Bertz CT molecular complexity index is 296. The van der Waals surface area contributed by atoms with Gasteiger partial charge in [-0.05, 0) is 36.9 Å². The SMILES string of the molecule is CC(C)CNCCCNC(=O)c1cccs1. The molecule has 0 aliphatic carbocycles. The fraction of sp³-hybridized carbons (Fsp3) is 0.583. The summed E-state index contributed by atoms with van der Waals surface area (Å²) in [6.45, 7) is 7.11. The Hall–Kier alpha value is -0.870. The van der Waals surface area contributed by atoms with Gasteiger partial charge in [-0.3, -0.25) is 4.79 Å². The molecule has 16 heavy (non-hydrogen) atoms. The van der Waals surface area contributed by atoms with E-state index in [1.807, 2.05) is 17.5 Å². The molecular formula is C12H20N2OS. The molecule has 2 N–H and O–H groups in total. The number of hydrogen-bond acceptors (Lipinski definition) is 3. The average molecular weight is 240 g/mol. The van der Waals surface area contributed by atoms with Gasteiger partial charge in [0.2, 0.25) is 0 Å². The van der Waals surface area contributed by atoms with Crippen LogP contribution < -0.4 is 10.6 Å². The Kier molecular flexibility index (Phi) is 6.11. The minimum atomic E-state index is 0.0406. The Morgan fingerprint density at radius 3 is 2.88 bits per heavy atom. The second kappa shape index (κ2) is 7.41. The summed E-state index contributed by atoms with van der Waals surface area (Å²) in [6, 6.07) is 3.74. The molecule has 0 aliphatic rings. The van der Waals surface area contributed by atoms with Crippen LogP contribution in [0.15, 0.2) is 17.5 Å². The summed E-state index contributed by atoms with van der Waals surface area (Å²) in [4.78, 5) is 12.3. The molecule has 0 fully saturated rings. The van der Waals surface area contributed by atoms with E-state index in [9.17, 15) is 4.79 Å². The first-order chi connectivity index (χ1) is 7.70. The number of amides is 1. The quantitative estimate of drug-likeness (QED) is 0.717. The molecule has 0 unspecified atom stereocenters. The van der Waals surface area contributed by atoms with Crippen LogP contribution in [0.3, 0.4) is 0 Å². The summed E-state index contributed by atoms with van der Waals surface area (Å²) in [7, 11) is 0. The number of thiophene rings is 1. The predicted octanol–water partition coefficient (Wildman–Crippen LogP) is 2.11. The Labute approximate surface area is 101 Å². The first-order valence-corrected chi connectivity index (χ1v) is 6.60. The lowest BCUT2D eigenvalue weighted by molar-refractivity contribution is 0.0957. The van der Waals surface area contributed by atoms with Crippen molar-refractivity contribution in [2.24, 2.45) is 5.92 Å². The van der Waals surface area contributed by atoms with Gasteiger partial charge in [0.25, 0.3) is 5.91 Å². The highest BCUT2D eigenvalue weighted by atomic mass is 32.1. The lowest BCUT2D eigenvalue weighted by Gasteiger charge is -2.07. The van der Waals surface area contributed by atoms with Gasteiger partial charge in [-0.2, -0.15) is 0 Å². The van der Waals surface area contributed by atoms with E-state index in [1.165, 1.54) is 11.3 Å². The molecule has 1 rings (SSSR count). The highest BCUT2D eigenvalue weighted by molar-refractivity contribution is 7.12. The molecule has 0 saturated carbocycles. The maximum atomic E-state index is 11.5. The molecule has 0 atom stereocenters. The third-order valence-corrected chi connectivity index (χ3v) is 2.98. The van der Waals surface area contributed by atoms with E-state index in [4.69, 9.17) is 0 Å². The standard InChI is InChI=1S/C12H20N2OS/c1-10(2)9-13-6-4-7-14-12(15)11-5-3-8-16-11/h3,5,8,10,13H,4,6-7,9H2,1-2H3,(H,14,15). The first kappa shape index (κ1) is 13.2. The van der Waals surface area contributed by atoms with Crippen molar-refractivity contribution in [3.63, 3.8) is 0 Å². The van der Waals surface area contributed by atoms with Gasteiger partial charge in [0, 0.05) is 6.54 Å². The van der Waals surface area contributed by atoms with Crippen LogP contribution in [-0.2, 0) is 0 Å². The molecule has 3 nitrogen and oxygen atoms in total. The number of carbonyl (C=O) groups is 1. The molecule has 1 aromatic heterocycles. The maximum Gasteiger partial charge on any atom is 0.261 e. The number of nitrogens with one attached hydrogen (secondary N) is 2. The van der Waals surface area contributed by atoms with Gasteiger partial charge in [0.15, 0.2) is 0 Å². The van der Waals surface area contributed by atoms with Gasteiger partial charge >= 0.3 is 0 Å². The topological polar surface area (TPSA) is 41.1 Å². The molecule has 0 bridgehead atoms. The van der Waals surface area contributed by atoms with E-state index >= 15 is 0 Å². The molecule has 4 heteroatoms. The zero-order chi connectivity index (χ0) is 11.8. The Morgan fingerprint density at radius 1 is 1.44 bits per heavy atom. The van der Waals surface area contributed by atoms with E-state index in [0.717, 1.165) is 30.9 Å². The van der Waals surface area contributed by atoms with Crippen molar-refractivity contribution < 1.29 is 4.79 Å². The normalized spacial score (nSPS) is 10.7. The van der Waals surface area contributed by atoms with Gasteiger partial charge in [0.05, 0.1) is 4.88 Å². The van der Waals surface area contributed by atoms with Gasteiger partial charge < -0.3 is 10.6 Å². The van der Waals surface area contributed by atoms with Crippen LogP contribution in [0.5, 0.6) is 0 Å². The van der Waals surface area contributed by atoms with Crippen molar-refractivity contribution >= 4 is 17.2 Å². The van der Waals surface area contributed by atoms with Gasteiger partial charge in [0.1, 0.15) is 0 Å². The highest BCUT2D eigenvalue weighted by Gasteiger charge is 2.04. The molecule has 0 saturated heterocycles. The van der Waals surface area contributed by atoms with Crippen LogP contribution in [0.25, 0.3) is 0 Å². The minimum Gasteiger partial charge on any atom is -0.351 e. The van der Waals surface area contributed by atoms with Crippen molar-refractivity contribution in [2.75, 3.05) is 19.6 Å². The zero-order valence-corrected chi connectivity index (χ0v) is 10.8. The van der Waals surface area contributed by atoms with Crippen LogP contribution in [0.2, 0.25) is 0 Å². The lowest BCUT2D eigenvalue weighted by atomic mass is 10.2. The van der Waals surface area contributed by atoms with E-state index in [1.54, 1.807) is 0 Å². The largest absolute Gasteiger partial charge is 0.351 e. The lowest BCUT2D eigenvalue weighted by Crippen LogP contribution is -2.28. The average Bonchev–Trinajstić information content (AvgIpc) is 2.75. The molecule has 1 heterocycles. The third-order valence-electron chi connectivity index (χ3n) is 2.11. The monoisotopic (exact) mass is 240 g/mol. The second-order valence-electron chi connectivity index (χ2n) is 4.18. The number of rotatable bonds is 7. The first-order valence-electron chi connectivity index (χ1n) is 5.72. The molecule has 1 amide bonds. The van der Waals surface area contributed by atoms with Crippen LogP contribution in [0.4, 0.5) is 0 Å². The van der Waals surface area contributed by atoms with Crippen LogP contribution in [0.1, 0.15) is 29.9 Å². The molecule has 0 aromatic carbocycles. The fourth-order valence-electron chi connectivity index (χ4n) is 1.30. The summed E-state index contributed by atoms with van der Waals surface area (Å²) >= 11 is 1.48. The van der Waals surface area contributed by atoms with E-state index < -0.39 is 0 Å². The van der Waals surface area contributed by atoms with E-state index in [-0.39, 0.29) is 5.91 Å². The summed E-state index contributed by atoms with van der Waals surface area (Å²) < 4.78 is 0. The highest BCUT2D eigenvalue weighted by Crippen LogP contribution is 2.07. The fourth-order valence-corrected chi connectivity index (χ4v) is 1.94. The smallest absolute Gasteiger partial charge is 0.261 e. The summed E-state index contributed by atoms with van der Waals surface area (Å²) in [5.41, 5.74) is 0. The summed E-state index contributed by atoms with van der Waals surface area (Å²) in [6.07, 6.45) is 0.976. The number of carbonyl (C=O) groups excluding carboxylic acids is 1. The van der Waals surface area contributed by atoms with Gasteiger partial charge in [-0.15, -0.1) is 11.3 Å². The van der Waals surface area contributed by atoms with Crippen LogP contribution in [0, 0.1) is 5.92 Å². The molecule has 1 aromatic rings. The van der Waals surface area contributed by atoms with Crippen LogP contribution >= 0.6 is 11.3 Å². The van der Waals surface area contributed by atoms with Crippen molar-refractivity contribution in [1.82, 2.24) is 10.6 Å². The summed E-state index contributed by atoms with van der Waals surface area (Å²) in [5, 5.41) is 8.17. The van der Waals surface area contributed by atoms with Gasteiger partial charge in [-0.25, -0.2) is 0 Å². The zero-order valence-electron chi connectivity index (χ0n) is 9.95. The second-order valence-corrected chi connectivity index (χ2v) is 5.13. The molecule has 0 spiro atoms. The molecule has 0 radical (unpaired) electrons. The van der Waals surface area contributed by atoms with Crippen LogP contribution in [-0.4, -0.2) is 25.5 Å². The maximum absolute atomic E-state index is 11.5. The van der Waals surface area contributed by atoms with E-state index in [2.05, 4.69) is 24.5 Å². The molecule has 0 aliphatic heterocycles. The Morgan fingerprint density at radius 2 is 2.25 bits per heavy atom. The predicted molar refractivity (Wildman–Crippen MR) is 69.0 cm³/mol. The number of hydrogen-bond donors (Lipinski definition) is 2. The van der Waals surface area contributed by atoms with Crippen molar-refractivity contribution in [3.05, 3.63) is 22.4 Å². The van der Waals surface area contributed by atoms with Crippen molar-refractivity contribution in [1.29, 1.82) is 0 Å². The van der Waals surface area contributed by atoms with Gasteiger partial charge in [-0.1, -0.05) is 19.9 Å². The van der Waals surface area contributed by atoms with E-state index in [0.29, 0.717) is 5.92 Å². The van der Waals surface area contributed by atoms with Crippen molar-refractivity contribution in [3.8, 4) is 0 Å². The summed E-state index contributed by atoms with van der Waals surface area (Å²) in [5.74, 6) is 0.722. The van der Waals surface area contributed by atoms with Crippen molar-refractivity contribution in [2.45, 2.75) is 20.3 Å². The third kappa shape index (κ3) is 5.28.